The van der Waals surface area contributed by atoms with E-state index in [0.29, 0.717) is 16.4 Å². The summed E-state index contributed by atoms with van der Waals surface area (Å²) in [6.07, 6.45) is 1.35. The molecule has 7 nitrogen and oxygen atoms in total. The average molecular weight is 300 g/mol. The summed E-state index contributed by atoms with van der Waals surface area (Å²) in [6.45, 7) is 0.0471. The van der Waals surface area contributed by atoms with Gasteiger partial charge in [0.2, 0.25) is 10.0 Å². The van der Waals surface area contributed by atoms with Gasteiger partial charge in [-0.1, -0.05) is 4.49 Å². The molecule has 1 aromatic carbocycles. The summed E-state index contributed by atoms with van der Waals surface area (Å²) >= 11 is 0.975. The molecule has 0 aliphatic carbocycles. The molecule has 1 aromatic heterocycles. The van der Waals surface area contributed by atoms with Crippen LogP contribution >= 0.6 is 11.5 Å². The second kappa shape index (κ2) is 5.85. The summed E-state index contributed by atoms with van der Waals surface area (Å²) < 4.78 is 34.6. The van der Waals surface area contributed by atoms with Crippen molar-refractivity contribution in [3.05, 3.63) is 30.5 Å². The third kappa shape index (κ3) is 4.38. The molecule has 0 fully saturated rings. The van der Waals surface area contributed by atoms with Gasteiger partial charge in [-0.15, -0.1) is 5.10 Å². The van der Waals surface area contributed by atoms with Gasteiger partial charge in [0.15, 0.2) is 0 Å². The number of anilines is 2. The number of nitrogens with two attached hydrogens (primary N) is 1. The van der Waals surface area contributed by atoms with E-state index in [0.717, 1.165) is 11.5 Å². The van der Waals surface area contributed by atoms with Gasteiger partial charge in [0.05, 0.1) is 6.20 Å². The van der Waals surface area contributed by atoms with Crippen LogP contribution in [0.4, 0.5) is 10.7 Å². The number of hydrogen-bond donors (Lipinski definition) is 2. The molecule has 2 aromatic rings. The summed E-state index contributed by atoms with van der Waals surface area (Å²) in [5, 5.41) is 3.92. The second-order valence-electron chi connectivity index (χ2n) is 3.62. The number of nitrogens with zero attached hydrogens (tertiary/aromatic N) is 2. The lowest BCUT2D eigenvalue weighted by molar-refractivity contribution is 0.341. The highest BCUT2D eigenvalue weighted by Gasteiger charge is 2.12. The lowest BCUT2D eigenvalue weighted by atomic mass is 10.3. The Balaban J connectivity index is 1.83. The molecule has 0 radical (unpaired) electrons. The van der Waals surface area contributed by atoms with Crippen molar-refractivity contribution in [1.82, 2.24) is 9.59 Å². The Labute approximate surface area is 114 Å². The van der Waals surface area contributed by atoms with Crippen molar-refractivity contribution in [2.75, 3.05) is 22.8 Å². The van der Waals surface area contributed by atoms with E-state index >= 15 is 0 Å². The maximum absolute atomic E-state index is 11.7. The zero-order chi connectivity index (χ0) is 13.7. The number of ether oxygens (including phenoxy) is 1. The molecule has 0 saturated carbocycles. The molecular formula is C10H12N4O3S2. The van der Waals surface area contributed by atoms with E-state index in [-0.39, 0.29) is 12.4 Å². The molecule has 0 spiro atoms. The largest absolute Gasteiger partial charge is 0.492 e. The van der Waals surface area contributed by atoms with Crippen LogP contribution in [0.25, 0.3) is 0 Å². The summed E-state index contributed by atoms with van der Waals surface area (Å²) in [7, 11) is -3.45. The van der Waals surface area contributed by atoms with Crippen LogP contribution in [0, 0.1) is 0 Å². The second-order valence-corrected chi connectivity index (χ2v) is 6.25. The maximum Gasteiger partial charge on any atom is 0.236 e. The molecule has 1 heterocycles. The first kappa shape index (κ1) is 13.6. The van der Waals surface area contributed by atoms with Crippen molar-refractivity contribution in [2.45, 2.75) is 0 Å². The third-order valence-electron chi connectivity index (χ3n) is 2.12. The molecule has 0 bridgehead atoms. The van der Waals surface area contributed by atoms with Crippen molar-refractivity contribution in [2.24, 2.45) is 0 Å². The van der Waals surface area contributed by atoms with E-state index in [1.54, 1.807) is 24.3 Å². The van der Waals surface area contributed by atoms with Crippen LogP contribution in [0.2, 0.25) is 0 Å². The molecule has 0 aliphatic rings. The fraction of sp³-hybridized carbons (Fsp3) is 0.200. The van der Waals surface area contributed by atoms with Crippen LogP contribution < -0.4 is 15.2 Å². The number of hydrogen-bond acceptors (Lipinski definition) is 7. The maximum atomic E-state index is 11.7. The molecule has 2 rings (SSSR count). The number of sulfonamides is 1. The highest BCUT2D eigenvalue weighted by atomic mass is 32.2. The Morgan fingerprint density at radius 3 is 2.68 bits per heavy atom. The Kier molecular flexibility index (Phi) is 4.17. The van der Waals surface area contributed by atoms with E-state index in [2.05, 4.69) is 14.3 Å². The monoisotopic (exact) mass is 300 g/mol. The Morgan fingerprint density at radius 2 is 2.05 bits per heavy atom. The Morgan fingerprint density at radius 1 is 1.32 bits per heavy atom. The van der Waals surface area contributed by atoms with Gasteiger partial charge in [-0.2, -0.15) is 0 Å². The van der Waals surface area contributed by atoms with Crippen molar-refractivity contribution in [3.63, 3.8) is 0 Å². The molecular weight excluding hydrogens is 288 g/mol. The quantitative estimate of drug-likeness (QED) is 0.769. The number of rotatable bonds is 6. The number of nitrogen functional groups attached to an aromatic ring is 1. The predicted octanol–water partition coefficient (Wildman–Crippen LogP) is 0.941. The molecule has 0 unspecified atom stereocenters. The third-order valence-corrected chi connectivity index (χ3v) is 4.06. The van der Waals surface area contributed by atoms with Gasteiger partial charge in [-0.05, 0) is 24.3 Å². The topological polar surface area (TPSA) is 107 Å². The minimum atomic E-state index is -3.45. The van der Waals surface area contributed by atoms with Crippen LogP contribution in [0.3, 0.4) is 0 Å². The molecule has 0 aliphatic heterocycles. The van der Waals surface area contributed by atoms with E-state index < -0.39 is 10.0 Å². The minimum Gasteiger partial charge on any atom is -0.492 e. The minimum absolute atomic E-state index is 0.0471. The number of nitrogens with one attached hydrogen (secondary N) is 1. The first-order valence-electron chi connectivity index (χ1n) is 5.31. The lowest BCUT2D eigenvalue weighted by Gasteiger charge is -2.07. The summed E-state index contributed by atoms with van der Waals surface area (Å²) in [4.78, 5) is 0. The summed E-state index contributed by atoms with van der Waals surface area (Å²) in [6, 6.07) is 6.74. The average Bonchev–Trinajstić information content (AvgIpc) is 2.83. The number of aromatic nitrogens is 2. The smallest absolute Gasteiger partial charge is 0.236 e. The Bertz CT molecular complexity index is 611. The lowest BCUT2D eigenvalue weighted by Crippen LogP contribution is -2.20. The van der Waals surface area contributed by atoms with E-state index in [9.17, 15) is 8.42 Å². The first-order valence-corrected chi connectivity index (χ1v) is 7.74. The van der Waals surface area contributed by atoms with E-state index in [4.69, 9.17) is 10.5 Å². The van der Waals surface area contributed by atoms with Crippen LogP contribution in [-0.4, -0.2) is 30.4 Å². The molecule has 0 saturated heterocycles. The van der Waals surface area contributed by atoms with Gasteiger partial charge in [0, 0.05) is 17.2 Å². The fourth-order valence-corrected chi connectivity index (χ4v) is 2.82. The predicted molar refractivity (Wildman–Crippen MR) is 73.7 cm³/mol. The zero-order valence-electron chi connectivity index (χ0n) is 9.81. The first-order chi connectivity index (χ1) is 9.05. The fourth-order valence-electron chi connectivity index (χ4n) is 1.25. The van der Waals surface area contributed by atoms with Gasteiger partial charge in [0.1, 0.15) is 23.1 Å². The van der Waals surface area contributed by atoms with Gasteiger partial charge in [-0.3, -0.25) is 4.72 Å². The SMILES string of the molecule is Nc1ccc(OCCS(=O)(=O)Nc2cnns2)cc1. The van der Waals surface area contributed by atoms with Crippen molar-refractivity contribution >= 4 is 32.2 Å². The van der Waals surface area contributed by atoms with Crippen LogP contribution in [0.15, 0.2) is 30.5 Å². The number of benzene rings is 1. The molecule has 0 atom stereocenters. The summed E-state index contributed by atoms with van der Waals surface area (Å²) in [5.41, 5.74) is 6.15. The molecule has 9 heteroatoms. The van der Waals surface area contributed by atoms with E-state index in [1.165, 1.54) is 6.20 Å². The van der Waals surface area contributed by atoms with Gasteiger partial charge >= 0.3 is 0 Å². The highest BCUT2D eigenvalue weighted by molar-refractivity contribution is 7.92. The summed E-state index contributed by atoms with van der Waals surface area (Å²) in [5.74, 6) is 0.416. The van der Waals surface area contributed by atoms with Crippen molar-refractivity contribution in [3.8, 4) is 5.75 Å². The van der Waals surface area contributed by atoms with Gasteiger partial charge in [-0.25, -0.2) is 8.42 Å². The molecule has 3 N–H and O–H groups in total. The van der Waals surface area contributed by atoms with Gasteiger partial charge < -0.3 is 10.5 Å². The van der Waals surface area contributed by atoms with Crippen molar-refractivity contribution < 1.29 is 13.2 Å². The van der Waals surface area contributed by atoms with Crippen LogP contribution in [0.1, 0.15) is 0 Å². The van der Waals surface area contributed by atoms with Crippen molar-refractivity contribution in [1.29, 1.82) is 0 Å². The van der Waals surface area contributed by atoms with Crippen LogP contribution in [0.5, 0.6) is 5.75 Å². The molecule has 19 heavy (non-hydrogen) atoms. The van der Waals surface area contributed by atoms with Gasteiger partial charge in [0.25, 0.3) is 0 Å². The Hall–Kier alpha value is -1.87. The van der Waals surface area contributed by atoms with Crippen LogP contribution in [-0.2, 0) is 10.0 Å². The molecule has 102 valence electrons. The standard InChI is InChI=1S/C10H12N4O3S2/c11-8-1-3-9(4-2-8)17-5-6-19(15,16)13-10-7-12-14-18-10/h1-4,7,13H,5-6,11H2. The molecule has 0 amide bonds. The highest BCUT2D eigenvalue weighted by Crippen LogP contribution is 2.14. The van der Waals surface area contributed by atoms with E-state index in [1.807, 2.05) is 0 Å². The zero-order valence-corrected chi connectivity index (χ0v) is 11.4. The normalized spacial score (nSPS) is 11.2.